The van der Waals surface area contributed by atoms with Gasteiger partial charge >= 0.3 is 0 Å². The summed E-state index contributed by atoms with van der Waals surface area (Å²) >= 11 is 3.00. The SMILES string of the molecule is CC(=O)C1=NOC(c2c(F)cccc2F)C1.CN(C)C(=O)C1=NOC(c2c(F)cccc2F)C1.O=C(CBr)C1=NOC(c2c(F)cccc2F)C1. The maximum atomic E-state index is 13.5. The van der Waals surface area contributed by atoms with Gasteiger partial charge in [0.05, 0.1) is 22.0 Å². The zero-order valence-electron chi connectivity index (χ0n) is 27.1. The zero-order chi connectivity index (χ0) is 37.4. The van der Waals surface area contributed by atoms with Crippen LogP contribution in [0.2, 0.25) is 0 Å². The first kappa shape index (κ1) is 38.7. The lowest BCUT2D eigenvalue weighted by atomic mass is 10.0. The number of rotatable bonds is 7. The van der Waals surface area contributed by atoms with Crippen LogP contribution < -0.4 is 0 Å². The molecule has 3 heterocycles. The molecule has 0 aromatic heterocycles. The molecule has 51 heavy (non-hydrogen) atoms. The Bertz CT molecular complexity index is 1850. The Morgan fingerprint density at radius 2 is 0.941 bits per heavy atom. The number of ketones is 2. The van der Waals surface area contributed by atoms with E-state index in [9.17, 15) is 40.7 Å². The van der Waals surface area contributed by atoms with Crippen LogP contribution in [0.15, 0.2) is 70.1 Å². The maximum absolute atomic E-state index is 13.5. The van der Waals surface area contributed by atoms with Gasteiger partial charge in [-0.15, -0.1) is 0 Å². The normalized spacial score (nSPS) is 18.7. The molecule has 0 saturated carbocycles. The van der Waals surface area contributed by atoms with Crippen LogP contribution in [0.5, 0.6) is 0 Å². The molecular weight excluding hydrogens is 754 g/mol. The Hall–Kier alpha value is -5.06. The number of halogens is 7. The highest BCUT2D eigenvalue weighted by molar-refractivity contribution is 9.09. The summed E-state index contributed by atoms with van der Waals surface area (Å²) in [5, 5.41) is 10.8. The van der Waals surface area contributed by atoms with Crippen LogP contribution in [-0.2, 0) is 28.9 Å². The molecule has 17 heteroatoms. The Morgan fingerprint density at radius 3 is 1.25 bits per heavy atom. The van der Waals surface area contributed by atoms with Gasteiger partial charge in [-0.3, -0.25) is 14.4 Å². The minimum absolute atomic E-state index is 0.0644. The summed E-state index contributed by atoms with van der Waals surface area (Å²) in [5.74, 6) is -4.99. The molecule has 0 radical (unpaired) electrons. The predicted octanol–water partition coefficient (Wildman–Crippen LogP) is 6.99. The highest BCUT2D eigenvalue weighted by atomic mass is 79.9. The lowest BCUT2D eigenvalue weighted by Crippen LogP contribution is -2.29. The van der Waals surface area contributed by atoms with Crippen LogP contribution in [0.25, 0.3) is 0 Å². The molecule has 3 unspecified atom stereocenters. The Kier molecular flexibility index (Phi) is 13.1. The molecule has 0 saturated heterocycles. The highest BCUT2D eigenvalue weighted by Gasteiger charge is 2.33. The second kappa shape index (κ2) is 17.2. The molecule has 0 fully saturated rings. The highest BCUT2D eigenvalue weighted by Crippen LogP contribution is 2.33. The van der Waals surface area contributed by atoms with Gasteiger partial charge in [0, 0.05) is 40.3 Å². The second-order valence-electron chi connectivity index (χ2n) is 11.2. The molecule has 3 aliphatic rings. The van der Waals surface area contributed by atoms with Crippen molar-refractivity contribution in [3.8, 4) is 0 Å². The fourth-order valence-electron chi connectivity index (χ4n) is 4.89. The Labute approximate surface area is 295 Å². The van der Waals surface area contributed by atoms with E-state index in [0.29, 0.717) is 0 Å². The molecule has 0 N–H and O–H groups in total. The number of nitrogens with zero attached hydrogens (tertiary/aromatic N) is 4. The van der Waals surface area contributed by atoms with Crippen molar-refractivity contribution in [2.75, 3.05) is 19.4 Å². The fraction of sp³-hybridized carbons (Fsp3) is 0.294. The third kappa shape index (κ3) is 9.39. The van der Waals surface area contributed by atoms with E-state index in [1.54, 1.807) is 14.1 Å². The summed E-state index contributed by atoms with van der Waals surface area (Å²) in [6.07, 6.45) is -2.34. The summed E-state index contributed by atoms with van der Waals surface area (Å²) < 4.78 is 80.7. The average molecular weight is 784 g/mol. The monoisotopic (exact) mass is 782 g/mol. The molecule has 6 rings (SSSR count). The van der Waals surface area contributed by atoms with E-state index in [2.05, 4.69) is 31.4 Å². The van der Waals surface area contributed by atoms with E-state index < -0.39 is 53.2 Å². The van der Waals surface area contributed by atoms with Crippen LogP contribution in [0, 0.1) is 34.9 Å². The third-order valence-electron chi connectivity index (χ3n) is 7.47. The summed E-state index contributed by atoms with van der Waals surface area (Å²) in [4.78, 5) is 50.0. The minimum atomic E-state index is -0.884. The van der Waals surface area contributed by atoms with Gasteiger partial charge in [-0.25, -0.2) is 26.3 Å². The lowest BCUT2D eigenvalue weighted by Gasteiger charge is -2.11. The first-order valence-corrected chi connectivity index (χ1v) is 16.2. The average Bonchev–Trinajstić information content (AvgIpc) is 3.87. The number of carbonyl (C=O) groups is 3. The molecule has 0 aliphatic carbocycles. The number of benzene rings is 3. The number of Topliss-reactive ketones (excluding diaryl/α,β-unsaturated/α-hetero) is 2. The molecule has 10 nitrogen and oxygen atoms in total. The summed E-state index contributed by atoms with van der Waals surface area (Å²) in [6.45, 7) is 1.34. The van der Waals surface area contributed by atoms with Crippen LogP contribution in [0.3, 0.4) is 0 Å². The van der Waals surface area contributed by atoms with Crippen LogP contribution >= 0.6 is 15.9 Å². The van der Waals surface area contributed by atoms with Crippen molar-refractivity contribution in [3.05, 3.63) is 106 Å². The van der Waals surface area contributed by atoms with E-state index in [4.69, 9.17) is 14.5 Å². The van der Waals surface area contributed by atoms with Crippen molar-refractivity contribution in [1.29, 1.82) is 0 Å². The van der Waals surface area contributed by atoms with E-state index in [0.717, 1.165) is 36.4 Å². The third-order valence-corrected chi connectivity index (χ3v) is 7.98. The molecule has 3 aliphatic heterocycles. The molecule has 1 amide bonds. The van der Waals surface area contributed by atoms with Gasteiger partial charge in [-0.1, -0.05) is 49.6 Å². The van der Waals surface area contributed by atoms with Gasteiger partial charge in [0.1, 0.15) is 52.0 Å². The van der Waals surface area contributed by atoms with Crippen molar-refractivity contribution in [2.24, 2.45) is 15.5 Å². The standard InChI is InChI=1S/C12H12F2N2O2.C11H8BrF2NO2.C11H9F2NO2/c1-16(2)12(17)9-6-10(18-15-9)11-7(13)4-3-5-8(11)14;12-5-9(16)8-4-10(17-15-8)11-6(13)2-1-3-7(11)14;1-6(15)9-5-10(16-14-9)11-7(12)3-2-4-8(11)13/h3-5,10H,6H2,1-2H3;1-3,10H,4-5H2;2-4,10H,5H2,1H3. The molecule has 3 atom stereocenters. The van der Waals surface area contributed by atoms with E-state index >= 15 is 0 Å². The topological polar surface area (TPSA) is 119 Å². The molecule has 270 valence electrons. The van der Waals surface area contributed by atoms with Crippen molar-refractivity contribution in [3.63, 3.8) is 0 Å². The zero-order valence-corrected chi connectivity index (χ0v) is 28.7. The molecule has 3 aromatic carbocycles. The van der Waals surface area contributed by atoms with Crippen LogP contribution in [0.1, 0.15) is 61.2 Å². The first-order valence-electron chi connectivity index (χ1n) is 15.0. The lowest BCUT2D eigenvalue weighted by molar-refractivity contribution is -0.122. The summed E-state index contributed by atoms with van der Waals surface area (Å²) in [5.41, 5.74) is -0.00578. The van der Waals surface area contributed by atoms with Gasteiger partial charge in [-0.05, 0) is 36.4 Å². The van der Waals surface area contributed by atoms with E-state index in [1.165, 1.54) is 30.0 Å². The molecular formula is C34H29BrF6N4O6. The largest absolute Gasteiger partial charge is 0.387 e. The Balaban J connectivity index is 0.000000172. The number of hydrogen-bond acceptors (Lipinski definition) is 9. The van der Waals surface area contributed by atoms with E-state index in [-0.39, 0.29) is 75.9 Å². The quantitative estimate of drug-likeness (QED) is 0.188. The van der Waals surface area contributed by atoms with Gasteiger partial charge < -0.3 is 19.4 Å². The van der Waals surface area contributed by atoms with E-state index in [1.807, 2.05) is 0 Å². The van der Waals surface area contributed by atoms with Gasteiger partial charge in [0.15, 0.2) is 29.9 Å². The van der Waals surface area contributed by atoms with Crippen LogP contribution in [0.4, 0.5) is 26.3 Å². The number of alkyl halides is 1. The van der Waals surface area contributed by atoms with Crippen molar-refractivity contribution >= 4 is 50.5 Å². The number of hydrogen-bond donors (Lipinski definition) is 0. The first-order chi connectivity index (χ1) is 24.2. The fourth-order valence-corrected chi connectivity index (χ4v) is 5.21. The predicted molar refractivity (Wildman–Crippen MR) is 175 cm³/mol. The van der Waals surface area contributed by atoms with Gasteiger partial charge in [0.2, 0.25) is 0 Å². The Morgan fingerprint density at radius 1 is 0.627 bits per heavy atom. The summed E-state index contributed by atoms with van der Waals surface area (Å²) in [7, 11) is 3.14. The van der Waals surface area contributed by atoms with Gasteiger partial charge in [-0.2, -0.15) is 0 Å². The van der Waals surface area contributed by atoms with Crippen molar-refractivity contribution in [2.45, 2.75) is 44.5 Å². The van der Waals surface area contributed by atoms with Crippen molar-refractivity contribution < 1.29 is 55.2 Å². The number of amides is 1. The number of carbonyl (C=O) groups excluding carboxylic acids is 3. The molecule has 0 bridgehead atoms. The van der Waals surface area contributed by atoms with Crippen LogP contribution in [-0.4, -0.2) is 58.9 Å². The minimum Gasteiger partial charge on any atom is -0.387 e. The summed E-state index contributed by atoms with van der Waals surface area (Å²) in [6, 6.07) is 10.7. The van der Waals surface area contributed by atoms with Crippen molar-refractivity contribution in [1.82, 2.24) is 4.90 Å². The number of oxime groups is 3. The smallest absolute Gasteiger partial charge is 0.271 e. The second-order valence-corrected chi connectivity index (χ2v) is 11.8. The van der Waals surface area contributed by atoms with Gasteiger partial charge in [0.25, 0.3) is 5.91 Å². The molecule has 0 spiro atoms. The molecule has 3 aromatic rings. The maximum Gasteiger partial charge on any atom is 0.271 e.